The summed E-state index contributed by atoms with van der Waals surface area (Å²) < 4.78 is 0. The maximum absolute atomic E-state index is 12.4. The Hall–Kier alpha value is -0.0300. The van der Waals surface area contributed by atoms with Gasteiger partial charge in [0, 0.05) is 18.6 Å². The number of nitrogens with zero attached hydrogens (tertiary/aromatic N) is 1. The molecule has 2 saturated heterocycles. The smallest absolute Gasteiger partial charge is 0.237 e. The minimum atomic E-state index is 0. The zero-order chi connectivity index (χ0) is 15.5. The lowest BCUT2D eigenvalue weighted by Gasteiger charge is -2.35. The Balaban J connectivity index is 0.00000144. The highest BCUT2D eigenvalue weighted by Gasteiger charge is 2.38. The number of halogens is 2. The third kappa shape index (κ3) is 5.48. The quantitative estimate of drug-likeness (QED) is 0.788. The monoisotopic (exact) mass is 379 g/mol. The van der Waals surface area contributed by atoms with Crippen LogP contribution in [-0.4, -0.2) is 48.6 Å². The summed E-state index contributed by atoms with van der Waals surface area (Å²) in [4.78, 5) is 15.0. The molecule has 0 bridgehead atoms. The molecule has 1 aliphatic carbocycles. The van der Waals surface area contributed by atoms with E-state index in [1.165, 1.54) is 51.6 Å². The first-order valence-corrected chi connectivity index (χ1v) is 9.41. The summed E-state index contributed by atoms with van der Waals surface area (Å²) in [6.07, 6.45) is 8.89. The van der Waals surface area contributed by atoms with E-state index < -0.39 is 0 Å². The van der Waals surface area contributed by atoms with Crippen LogP contribution in [0.2, 0.25) is 0 Å². The van der Waals surface area contributed by atoms with Crippen LogP contribution < -0.4 is 10.6 Å². The van der Waals surface area contributed by atoms with Gasteiger partial charge in [-0.15, -0.1) is 24.8 Å². The van der Waals surface area contributed by atoms with Gasteiger partial charge in [0.05, 0.1) is 6.04 Å². The number of hydrogen-bond acceptors (Lipinski definition) is 3. The third-order valence-corrected chi connectivity index (χ3v) is 6.19. The van der Waals surface area contributed by atoms with E-state index in [0.717, 1.165) is 24.8 Å². The van der Waals surface area contributed by atoms with E-state index in [1.807, 2.05) is 0 Å². The van der Waals surface area contributed by atoms with Gasteiger partial charge < -0.3 is 10.6 Å². The number of fused-ring (bicyclic) bond motifs is 1. The summed E-state index contributed by atoms with van der Waals surface area (Å²) >= 11 is 0. The van der Waals surface area contributed by atoms with Gasteiger partial charge in [0.1, 0.15) is 0 Å². The lowest BCUT2D eigenvalue weighted by atomic mass is 9.85. The fraction of sp³-hybridized carbons (Fsp3) is 0.944. The highest BCUT2D eigenvalue weighted by Crippen LogP contribution is 2.33. The average Bonchev–Trinajstić information content (AvgIpc) is 2.97. The molecule has 2 heterocycles. The Bertz CT molecular complexity index is 374. The lowest BCUT2D eigenvalue weighted by Crippen LogP contribution is -2.49. The fourth-order valence-corrected chi connectivity index (χ4v) is 4.49. The topological polar surface area (TPSA) is 44.4 Å². The molecule has 4 unspecified atom stereocenters. The lowest BCUT2D eigenvalue weighted by molar-refractivity contribution is -0.123. The Morgan fingerprint density at radius 2 is 1.83 bits per heavy atom. The number of carbonyl (C=O) groups excluding carboxylic acids is 1. The Labute approximate surface area is 159 Å². The molecule has 2 aliphatic heterocycles. The average molecular weight is 380 g/mol. The molecule has 1 saturated carbocycles. The second-order valence-corrected chi connectivity index (χ2v) is 7.92. The molecule has 0 aromatic heterocycles. The van der Waals surface area contributed by atoms with Crippen LogP contribution in [-0.2, 0) is 4.79 Å². The number of nitrogens with one attached hydrogen (secondary N) is 2. The van der Waals surface area contributed by atoms with Crippen molar-refractivity contribution in [3.63, 3.8) is 0 Å². The van der Waals surface area contributed by atoms with Gasteiger partial charge in [-0.2, -0.15) is 0 Å². The van der Waals surface area contributed by atoms with Gasteiger partial charge in [-0.25, -0.2) is 0 Å². The van der Waals surface area contributed by atoms with Crippen molar-refractivity contribution >= 4 is 30.7 Å². The number of piperidine rings is 1. The minimum absolute atomic E-state index is 0. The predicted molar refractivity (Wildman–Crippen MR) is 104 cm³/mol. The molecule has 1 amide bonds. The van der Waals surface area contributed by atoms with Gasteiger partial charge in [0.25, 0.3) is 0 Å². The number of hydrogen-bond donors (Lipinski definition) is 2. The second kappa shape index (κ2) is 10.2. The first-order chi connectivity index (χ1) is 10.6. The van der Waals surface area contributed by atoms with Crippen LogP contribution in [0, 0.1) is 11.8 Å². The van der Waals surface area contributed by atoms with Crippen LogP contribution in [0.3, 0.4) is 0 Å². The predicted octanol–water partition coefficient (Wildman–Crippen LogP) is 2.99. The van der Waals surface area contributed by atoms with E-state index in [2.05, 4.69) is 29.4 Å². The molecule has 0 spiro atoms. The van der Waals surface area contributed by atoms with Crippen LogP contribution in [0.25, 0.3) is 0 Å². The van der Waals surface area contributed by atoms with Gasteiger partial charge >= 0.3 is 0 Å². The van der Waals surface area contributed by atoms with Gasteiger partial charge in [-0.05, 0) is 64.0 Å². The molecule has 4 nitrogen and oxygen atoms in total. The molecule has 3 fully saturated rings. The van der Waals surface area contributed by atoms with Crippen LogP contribution in [0.4, 0.5) is 0 Å². The summed E-state index contributed by atoms with van der Waals surface area (Å²) in [6, 6.07) is 1.12. The maximum atomic E-state index is 12.4. The minimum Gasteiger partial charge on any atom is -0.353 e. The fourth-order valence-electron chi connectivity index (χ4n) is 4.49. The van der Waals surface area contributed by atoms with Crippen molar-refractivity contribution in [1.29, 1.82) is 0 Å². The molecule has 0 aromatic carbocycles. The van der Waals surface area contributed by atoms with E-state index in [0.29, 0.717) is 12.1 Å². The van der Waals surface area contributed by atoms with Crippen LogP contribution in [0.5, 0.6) is 0 Å². The van der Waals surface area contributed by atoms with E-state index in [-0.39, 0.29) is 36.8 Å². The van der Waals surface area contributed by atoms with Gasteiger partial charge in [0.15, 0.2) is 0 Å². The van der Waals surface area contributed by atoms with E-state index >= 15 is 0 Å². The molecule has 6 heteroatoms. The molecule has 142 valence electrons. The largest absolute Gasteiger partial charge is 0.353 e. The van der Waals surface area contributed by atoms with Crippen molar-refractivity contribution in [1.82, 2.24) is 15.5 Å². The number of likely N-dealkylation sites (tertiary alicyclic amines) is 1. The van der Waals surface area contributed by atoms with Crippen molar-refractivity contribution in [3.05, 3.63) is 0 Å². The van der Waals surface area contributed by atoms with Crippen molar-refractivity contribution in [2.75, 3.05) is 19.6 Å². The van der Waals surface area contributed by atoms with Crippen molar-refractivity contribution < 1.29 is 4.79 Å². The van der Waals surface area contributed by atoms with Gasteiger partial charge in [-0.3, -0.25) is 9.69 Å². The molecular formula is C18H35Cl2N3O. The molecule has 3 aliphatic rings. The van der Waals surface area contributed by atoms with Crippen LogP contribution in [0.15, 0.2) is 0 Å². The first kappa shape index (κ1) is 22.0. The van der Waals surface area contributed by atoms with Gasteiger partial charge in [0.2, 0.25) is 5.91 Å². The Kier molecular flexibility index (Phi) is 9.35. The van der Waals surface area contributed by atoms with Crippen molar-refractivity contribution in [2.45, 2.75) is 76.9 Å². The zero-order valence-corrected chi connectivity index (χ0v) is 16.8. The van der Waals surface area contributed by atoms with E-state index in [1.54, 1.807) is 0 Å². The van der Waals surface area contributed by atoms with Gasteiger partial charge in [-0.1, -0.05) is 19.8 Å². The number of amides is 1. The molecular weight excluding hydrogens is 345 g/mol. The third-order valence-electron chi connectivity index (χ3n) is 6.19. The number of carbonyl (C=O) groups is 1. The summed E-state index contributed by atoms with van der Waals surface area (Å²) in [5.41, 5.74) is 0. The summed E-state index contributed by atoms with van der Waals surface area (Å²) in [7, 11) is 0. The zero-order valence-electron chi connectivity index (χ0n) is 15.1. The Morgan fingerprint density at radius 1 is 1.17 bits per heavy atom. The molecule has 3 rings (SSSR count). The van der Waals surface area contributed by atoms with Crippen LogP contribution in [0.1, 0.15) is 58.8 Å². The highest BCUT2D eigenvalue weighted by atomic mass is 35.5. The van der Waals surface area contributed by atoms with Crippen LogP contribution >= 0.6 is 24.8 Å². The molecule has 2 N–H and O–H groups in total. The normalized spacial score (nSPS) is 32.2. The summed E-state index contributed by atoms with van der Waals surface area (Å²) in [6.45, 7) is 7.75. The SMILES string of the molecule is CC1CCN(C(C)CNC(=O)C2CC3CCCCC3N2)CC1.Cl.Cl. The maximum Gasteiger partial charge on any atom is 0.237 e. The van der Waals surface area contributed by atoms with Crippen molar-refractivity contribution in [2.24, 2.45) is 11.8 Å². The second-order valence-electron chi connectivity index (χ2n) is 7.92. The van der Waals surface area contributed by atoms with E-state index in [4.69, 9.17) is 0 Å². The van der Waals surface area contributed by atoms with Crippen molar-refractivity contribution in [3.8, 4) is 0 Å². The molecule has 0 radical (unpaired) electrons. The molecule has 24 heavy (non-hydrogen) atoms. The summed E-state index contributed by atoms with van der Waals surface area (Å²) in [5.74, 6) is 1.83. The Morgan fingerprint density at radius 3 is 2.50 bits per heavy atom. The first-order valence-electron chi connectivity index (χ1n) is 9.41. The number of rotatable bonds is 4. The molecule has 0 aromatic rings. The summed E-state index contributed by atoms with van der Waals surface area (Å²) in [5, 5.41) is 6.78. The van der Waals surface area contributed by atoms with E-state index in [9.17, 15) is 4.79 Å². The standard InChI is InChI=1S/C18H33N3O.2ClH/c1-13-7-9-21(10-8-13)14(2)12-19-18(22)17-11-15-5-3-4-6-16(15)20-17;;/h13-17,20H,3-12H2,1-2H3,(H,19,22);2*1H. The highest BCUT2D eigenvalue weighted by molar-refractivity contribution is 5.85. The molecule has 4 atom stereocenters.